The lowest BCUT2D eigenvalue weighted by Gasteiger charge is -2.07. The van der Waals surface area contributed by atoms with E-state index in [0.29, 0.717) is 5.92 Å². The van der Waals surface area contributed by atoms with Crippen LogP contribution >= 0.6 is 15.9 Å². The summed E-state index contributed by atoms with van der Waals surface area (Å²) in [5.41, 5.74) is 2.73. The standard InChI is InChI=1S/C13H17Br/c1-4-5-10(2)8-12-6-7-13(14)11(3)9-12/h4-7,9-10H,8H2,1-3H3/b5-4-. The molecule has 1 aromatic rings. The summed E-state index contributed by atoms with van der Waals surface area (Å²) in [6.45, 7) is 6.45. The topological polar surface area (TPSA) is 0 Å². The molecule has 1 rings (SSSR count). The maximum absolute atomic E-state index is 3.51. The largest absolute Gasteiger partial charge is 0.0914 e. The lowest BCUT2D eigenvalue weighted by Crippen LogP contribution is -1.96. The van der Waals surface area contributed by atoms with E-state index in [-0.39, 0.29) is 0 Å². The van der Waals surface area contributed by atoms with Crippen LogP contribution in [0.5, 0.6) is 0 Å². The van der Waals surface area contributed by atoms with E-state index < -0.39 is 0 Å². The Balaban J connectivity index is 2.73. The van der Waals surface area contributed by atoms with E-state index in [2.05, 4.69) is 67.1 Å². The number of hydrogen-bond donors (Lipinski definition) is 0. The zero-order chi connectivity index (χ0) is 10.6. The molecule has 0 nitrogen and oxygen atoms in total. The fourth-order valence-electron chi connectivity index (χ4n) is 1.60. The highest BCUT2D eigenvalue weighted by atomic mass is 79.9. The highest BCUT2D eigenvalue weighted by molar-refractivity contribution is 9.10. The molecular formula is C13H17Br. The lowest BCUT2D eigenvalue weighted by molar-refractivity contribution is 0.722. The monoisotopic (exact) mass is 252 g/mol. The first kappa shape index (κ1) is 11.5. The van der Waals surface area contributed by atoms with Gasteiger partial charge in [-0.05, 0) is 43.4 Å². The van der Waals surface area contributed by atoms with Gasteiger partial charge >= 0.3 is 0 Å². The van der Waals surface area contributed by atoms with Crippen molar-refractivity contribution in [3.63, 3.8) is 0 Å². The molecule has 1 aromatic carbocycles. The average molecular weight is 253 g/mol. The van der Waals surface area contributed by atoms with Gasteiger partial charge in [-0.3, -0.25) is 0 Å². The molecule has 0 aliphatic rings. The highest BCUT2D eigenvalue weighted by Gasteiger charge is 2.01. The minimum absolute atomic E-state index is 0.626. The van der Waals surface area contributed by atoms with Gasteiger partial charge in [0.05, 0.1) is 0 Å². The molecule has 76 valence electrons. The van der Waals surface area contributed by atoms with E-state index >= 15 is 0 Å². The van der Waals surface area contributed by atoms with Crippen LogP contribution in [0.3, 0.4) is 0 Å². The maximum Gasteiger partial charge on any atom is 0.0204 e. The maximum atomic E-state index is 3.51. The van der Waals surface area contributed by atoms with Crippen LogP contribution in [0, 0.1) is 12.8 Å². The molecule has 1 atom stereocenters. The van der Waals surface area contributed by atoms with Crippen molar-refractivity contribution >= 4 is 15.9 Å². The number of benzene rings is 1. The molecule has 0 N–H and O–H groups in total. The van der Waals surface area contributed by atoms with Crippen LogP contribution in [0.15, 0.2) is 34.8 Å². The summed E-state index contributed by atoms with van der Waals surface area (Å²) >= 11 is 3.51. The van der Waals surface area contributed by atoms with Gasteiger partial charge in [-0.15, -0.1) is 0 Å². The van der Waals surface area contributed by atoms with Crippen LogP contribution in [0.2, 0.25) is 0 Å². The predicted molar refractivity (Wildman–Crippen MR) is 66.6 cm³/mol. The Kier molecular flexibility index (Phi) is 4.40. The Morgan fingerprint density at radius 2 is 2.14 bits per heavy atom. The van der Waals surface area contributed by atoms with Gasteiger partial charge in [-0.25, -0.2) is 0 Å². The van der Waals surface area contributed by atoms with Crippen LogP contribution in [-0.2, 0) is 6.42 Å². The molecule has 0 heterocycles. The average Bonchev–Trinajstić information content (AvgIpc) is 2.12. The predicted octanol–water partition coefficient (Wildman–Crippen LogP) is 4.51. The molecule has 0 aliphatic carbocycles. The SMILES string of the molecule is C/C=C\C(C)Cc1ccc(Br)c(C)c1. The molecule has 0 saturated heterocycles. The molecule has 0 aliphatic heterocycles. The zero-order valence-corrected chi connectivity index (χ0v) is 10.6. The molecule has 0 bridgehead atoms. The fraction of sp³-hybridized carbons (Fsp3) is 0.385. The number of hydrogen-bond acceptors (Lipinski definition) is 0. The van der Waals surface area contributed by atoms with Crippen LogP contribution in [0.25, 0.3) is 0 Å². The minimum atomic E-state index is 0.626. The van der Waals surface area contributed by atoms with Crippen LogP contribution in [0.4, 0.5) is 0 Å². The Labute approximate surface area is 95.2 Å². The molecule has 1 unspecified atom stereocenters. The smallest absolute Gasteiger partial charge is 0.0204 e. The first-order valence-electron chi connectivity index (χ1n) is 5.01. The first-order chi connectivity index (χ1) is 6.63. The first-order valence-corrected chi connectivity index (χ1v) is 5.80. The number of aryl methyl sites for hydroxylation is 1. The van der Waals surface area contributed by atoms with Crippen molar-refractivity contribution in [2.75, 3.05) is 0 Å². The van der Waals surface area contributed by atoms with Crippen molar-refractivity contribution in [2.24, 2.45) is 5.92 Å². The summed E-state index contributed by atoms with van der Waals surface area (Å²) in [4.78, 5) is 0. The highest BCUT2D eigenvalue weighted by Crippen LogP contribution is 2.19. The van der Waals surface area contributed by atoms with Crippen molar-refractivity contribution in [1.29, 1.82) is 0 Å². The van der Waals surface area contributed by atoms with Crippen LogP contribution < -0.4 is 0 Å². The molecule has 0 radical (unpaired) electrons. The lowest BCUT2D eigenvalue weighted by atomic mass is 9.99. The Morgan fingerprint density at radius 1 is 1.43 bits per heavy atom. The van der Waals surface area contributed by atoms with Crippen molar-refractivity contribution in [1.82, 2.24) is 0 Å². The molecule has 0 aromatic heterocycles. The third-order valence-corrected chi connectivity index (χ3v) is 3.19. The summed E-state index contributed by atoms with van der Waals surface area (Å²) in [7, 11) is 0. The van der Waals surface area contributed by atoms with Crippen molar-refractivity contribution in [3.05, 3.63) is 46.0 Å². The molecule has 0 fully saturated rings. The second kappa shape index (κ2) is 5.35. The molecular weight excluding hydrogens is 236 g/mol. The van der Waals surface area contributed by atoms with Gasteiger partial charge in [0.25, 0.3) is 0 Å². The Bertz CT molecular complexity index is 326. The van der Waals surface area contributed by atoms with E-state index in [9.17, 15) is 0 Å². The zero-order valence-electron chi connectivity index (χ0n) is 9.05. The van der Waals surface area contributed by atoms with Crippen molar-refractivity contribution in [3.8, 4) is 0 Å². The van der Waals surface area contributed by atoms with Gasteiger partial charge in [0.2, 0.25) is 0 Å². The second-order valence-corrected chi connectivity index (χ2v) is 4.65. The number of halogens is 1. The number of allylic oxidation sites excluding steroid dienone is 2. The van der Waals surface area contributed by atoms with Gasteiger partial charge < -0.3 is 0 Å². The van der Waals surface area contributed by atoms with Crippen LogP contribution in [-0.4, -0.2) is 0 Å². The summed E-state index contributed by atoms with van der Waals surface area (Å²) in [5, 5.41) is 0. The Hall–Kier alpha value is -0.560. The van der Waals surface area contributed by atoms with Crippen molar-refractivity contribution in [2.45, 2.75) is 27.2 Å². The van der Waals surface area contributed by atoms with E-state index in [1.165, 1.54) is 15.6 Å². The normalized spacial score (nSPS) is 13.4. The van der Waals surface area contributed by atoms with E-state index in [4.69, 9.17) is 0 Å². The second-order valence-electron chi connectivity index (χ2n) is 3.79. The summed E-state index contributed by atoms with van der Waals surface area (Å²) in [6.07, 6.45) is 5.49. The third-order valence-electron chi connectivity index (χ3n) is 2.30. The third kappa shape index (κ3) is 3.30. The quantitative estimate of drug-likeness (QED) is 0.695. The molecule has 14 heavy (non-hydrogen) atoms. The van der Waals surface area contributed by atoms with Gasteiger partial charge in [0.1, 0.15) is 0 Å². The van der Waals surface area contributed by atoms with Gasteiger partial charge in [0, 0.05) is 4.47 Å². The van der Waals surface area contributed by atoms with Crippen molar-refractivity contribution < 1.29 is 0 Å². The molecule has 0 saturated carbocycles. The minimum Gasteiger partial charge on any atom is -0.0914 e. The molecule has 0 spiro atoms. The van der Waals surface area contributed by atoms with E-state index in [0.717, 1.165) is 6.42 Å². The van der Waals surface area contributed by atoms with E-state index in [1.807, 2.05) is 0 Å². The summed E-state index contributed by atoms with van der Waals surface area (Å²) < 4.78 is 1.19. The van der Waals surface area contributed by atoms with Gasteiger partial charge in [-0.2, -0.15) is 0 Å². The van der Waals surface area contributed by atoms with Gasteiger partial charge in [-0.1, -0.05) is 47.1 Å². The van der Waals surface area contributed by atoms with Gasteiger partial charge in [0.15, 0.2) is 0 Å². The summed E-state index contributed by atoms with van der Waals surface area (Å²) in [5.74, 6) is 0.626. The summed E-state index contributed by atoms with van der Waals surface area (Å²) in [6, 6.07) is 6.58. The molecule has 1 heteroatoms. The van der Waals surface area contributed by atoms with E-state index in [1.54, 1.807) is 0 Å². The molecule has 0 amide bonds. The van der Waals surface area contributed by atoms with Crippen LogP contribution in [0.1, 0.15) is 25.0 Å². The number of rotatable bonds is 3. The Morgan fingerprint density at radius 3 is 2.71 bits per heavy atom. The fourth-order valence-corrected chi connectivity index (χ4v) is 1.85.